The second-order valence-corrected chi connectivity index (χ2v) is 10.5. The summed E-state index contributed by atoms with van der Waals surface area (Å²) in [5, 5.41) is 21.2. The summed E-state index contributed by atoms with van der Waals surface area (Å²) in [6.07, 6.45) is 4.20. The molecule has 0 aromatic rings. The molecule has 0 bridgehead atoms. The number of hydrogen-bond donors (Lipinski definition) is 2. The molecule has 2 unspecified atom stereocenters. The maximum atomic E-state index is 15.4. The fourth-order valence-electron chi connectivity index (χ4n) is 7.58. The first-order valence-electron chi connectivity index (χ1n) is 11.7. The Morgan fingerprint density at radius 3 is 2.69 bits per heavy atom. The molecule has 4 aliphatic rings. The number of halogens is 1. The van der Waals surface area contributed by atoms with Gasteiger partial charge in [0.1, 0.15) is 12.8 Å². The first-order valence-corrected chi connectivity index (χ1v) is 11.7. The van der Waals surface area contributed by atoms with Crippen LogP contribution in [0.2, 0.25) is 0 Å². The number of esters is 1. The minimum Gasteiger partial charge on any atom is -0.450 e. The van der Waals surface area contributed by atoms with Gasteiger partial charge in [-0.3, -0.25) is 14.4 Å². The molecule has 0 saturated heterocycles. The van der Waals surface area contributed by atoms with Crippen LogP contribution in [-0.2, 0) is 19.1 Å². The quantitative estimate of drug-likeness (QED) is 0.628. The molecule has 4 rings (SSSR count). The van der Waals surface area contributed by atoms with Gasteiger partial charge in [0.25, 0.3) is 0 Å². The van der Waals surface area contributed by atoms with Crippen molar-refractivity contribution in [3.63, 3.8) is 0 Å². The number of Topliss-reactive ketones (excluding diaryl/α,β-unsaturated/α-hetero) is 1. The lowest BCUT2D eigenvalue weighted by Crippen LogP contribution is -2.63. The lowest BCUT2D eigenvalue weighted by Gasteiger charge is -2.60. The van der Waals surface area contributed by atoms with E-state index in [-0.39, 0.29) is 49.2 Å². The maximum absolute atomic E-state index is 15.4. The highest BCUT2D eigenvalue weighted by molar-refractivity contribution is 6.01. The van der Waals surface area contributed by atoms with Crippen LogP contribution in [0.4, 0.5) is 4.39 Å². The van der Waals surface area contributed by atoms with Crippen LogP contribution < -0.4 is 0 Å². The van der Waals surface area contributed by atoms with E-state index in [0.717, 1.165) is 0 Å². The largest absolute Gasteiger partial charge is 0.450 e. The molecule has 176 valence electrons. The molecule has 0 amide bonds. The van der Waals surface area contributed by atoms with Gasteiger partial charge in [-0.2, -0.15) is 0 Å². The summed E-state index contributed by atoms with van der Waals surface area (Å²) >= 11 is 0. The summed E-state index contributed by atoms with van der Waals surface area (Å²) in [5.74, 6) is -2.02. The normalized spacial score (nSPS) is 44.9. The molecule has 2 N–H and O–H groups in total. The molecule has 7 heteroatoms. The standard InChI is InChI=1S/C25H33FO6/c1-4-5-21(31)32-25(20(30)13-27)9-7-16-15-11-18(26)17-10-14(28)6-8-23(17,2)22(15)19(29)12-24(16,25)3/h6,8,10,15-16,18-19,22,27,29H,4-5,7,9,11-13H2,1-3H3/t15-,16-,18?,19?,22+,23-,24-,25-/m0/s1. The lowest BCUT2D eigenvalue weighted by molar-refractivity contribution is -0.201. The van der Waals surface area contributed by atoms with Crippen molar-refractivity contribution in [1.29, 1.82) is 0 Å². The smallest absolute Gasteiger partial charge is 0.306 e. The first kappa shape index (κ1) is 23.3. The number of hydrogen-bond acceptors (Lipinski definition) is 6. The third-order valence-electron chi connectivity index (χ3n) is 8.93. The monoisotopic (exact) mass is 448 g/mol. The molecule has 0 radical (unpaired) electrons. The van der Waals surface area contributed by atoms with Gasteiger partial charge in [-0.15, -0.1) is 0 Å². The third-order valence-corrected chi connectivity index (χ3v) is 8.93. The number of ketones is 2. The molecular formula is C25H33FO6. The Kier molecular flexibility index (Phi) is 5.73. The number of carbonyl (C=O) groups is 3. The second-order valence-electron chi connectivity index (χ2n) is 10.5. The third kappa shape index (κ3) is 3.07. The van der Waals surface area contributed by atoms with Gasteiger partial charge in [-0.05, 0) is 61.7 Å². The zero-order valence-electron chi connectivity index (χ0n) is 19.0. The number of aliphatic hydroxyl groups excluding tert-OH is 2. The Morgan fingerprint density at radius 1 is 1.31 bits per heavy atom. The maximum Gasteiger partial charge on any atom is 0.306 e. The van der Waals surface area contributed by atoms with E-state index in [1.807, 2.05) is 20.8 Å². The fourth-order valence-corrected chi connectivity index (χ4v) is 7.58. The Hall–Kier alpha value is -1.86. The van der Waals surface area contributed by atoms with Crippen molar-refractivity contribution in [3.8, 4) is 0 Å². The van der Waals surface area contributed by atoms with Gasteiger partial charge >= 0.3 is 5.97 Å². The van der Waals surface area contributed by atoms with E-state index in [1.165, 1.54) is 12.2 Å². The molecule has 0 spiro atoms. The van der Waals surface area contributed by atoms with Gasteiger partial charge in [0.15, 0.2) is 11.4 Å². The van der Waals surface area contributed by atoms with Gasteiger partial charge in [0, 0.05) is 23.2 Å². The zero-order chi connectivity index (χ0) is 23.5. The average Bonchev–Trinajstić information content (AvgIpc) is 3.01. The minimum absolute atomic E-state index is 0.150. The Bertz CT molecular complexity index is 895. The molecule has 32 heavy (non-hydrogen) atoms. The molecule has 3 fully saturated rings. The molecule has 3 saturated carbocycles. The summed E-state index contributed by atoms with van der Waals surface area (Å²) < 4.78 is 21.3. The van der Waals surface area contributed by atoms with Gasteiger partial charge in [-0.25, -0.2) is 4.39 Å². The zero-order valence-corrected chi connectivity index (χ0v) is 19.0. The van der Waals surface area contributed by atoms with Crippen molar-refractivity contribution in [2.24, 2.45) is 28.6 Å². The summed E-state index contributed by atoms with van der Waals surface area (Å²) in [5.41, 5.74) is -2.81. The molecule has 6 nitrogen and oxygen atoms in total. The van der Waals surface area contributed by atoms with Crippen molar-refractivity contribution in [1.82, 2.24) is 0 Å². The molecule has 0 heterocycles. The molecular weight excluding hydrogens is 415 g/mol. The lowest BCUT2D eigenvalue weighted by atomic mass is 9.46. The van der Waals surface area contributed by atoms with E-state index in [0.29, 0.717) is 18.4 Å². The van der Waals surface area contributed by atoms with E-state index in [9.17, 15) is 24.6 Å². The number of carbonyl (C=O) groups excluding carboxylic acids is 3. The molecule has 0 aromatic heterocycles. The van der Waals surface area contributed by atoms with Crippen LogP contribution in [0.3, 0.4) is 0 Å². The van der Waals surface area contributed by atoms with E-state index in [2.05, 4.69) is 0 Å². The molecule has 8 atom stereocenters. The Labute approximate surface area is 187 Å². The Balaban J connectivity index is 1.76. The molecule has 0 aromatic carbocycles. The van der Waals surface area contributed by atoms with Crippen molar-refractivity contribution in [2.45, 2.75) is 77.2 Å². The van der Waals surface area contributed by atoms with Gasteiger partial charge < -0.3 is 14.9 Å². The number of aliphatic hydroxyl groups is 2. The predicted molar refractivity (Wildman–Crippen MR) is 114 cm³/mol. The summed E-state index contributed by atoms with van der Waals surface area (Å²) in [6, 6.07) is 0. The van der Waals surface area contributed by atoms with E-state index >= 15 is 4.39 Å². The van der Waals surface area contributed by atoms with Gasteiger partial charge in [-0.1, -0.05) is 26.8 Å². The first-order chi connectivity index (χ1) is 15.0. The highest BCUT2D eigenvalue weighted by atomic mass is 19.1. The van der Waals surface area contributed by atoms with Crippen molar-refractivity contribution < 1.29 is 33.7 Å². The van der Waals surface area contributed by atoms with Gasteiger partial charge in [0.05, 0.1) is 6.10 Å². The van der Waals surface area contributed by atoms with E-state index in [1.54, 1.807) is 6.08 Å². The van der Waals surface area contributed by atoms with Crippen molar-refractivity contribution >= 4 is 17.5 Å². The van der Waals surface area contributed by atoms with E-state index < -0.39 is 47.1 Å². The fraction of sp³-hybridized carbons (Fsp3) is 0.720. The topological polar surface area (TPSA) is 101 Å². The van der Waals surface area contributed by atoms with Crippen molar-refractivity contribution in [2.75, 3.05) is 6.61 Å². The Morgan fingerprint density at radius 2 is 2.03 bits per heavy atom. The molecule has 0 aliphatic heterocycles. The highest BCUT2D eigenvalue weighted by Crippen LogP contribution is 2.68. The summed E-state index contributed by atoms with van der Waals surface area (Å²) in [6.45, 7) is 4.80. The number of rotatable bonds is 5. The van der Waals surface area contributed by atoms with Gasteiger partial charge in [0.2, 0.25) is 5.78 Å². The second kappa shape index (κ2) is 7.87. The summed E-state index contributed by atoms with van der Waals surface area (Å²) in [7, 11) is 0. The summed E-state index contributed by atoms with van der Waals surface area (Å²) in [4.78, 5) is 37.5. The SMILES string of the molecule is CCCC(=O)O[C@]1(C(=O)CO)CC[C@H]2[C@@H]3CC(F)C4=CC(=O)C=C[C@]4(C)[C@H]3C(O)C[C@@]21C. The van der Waals surface area contributed by atoms with Crippen LogP contribution in [0, 0.1) is 28.6 Å². The van der Waals surface area contributed by atoms with Crippen LogP contribution in [0.5, 0.6) is 0 Å². The highest BCUT2D eigenvalue weighted by Gasteiger charge is 2.70. The average molecular weight is 449 g/mol. The van der Waals surface area contributed by atoms with Crippen molar-refractivity contribution in [3.05, 3.63) is 23.8 Å². The van der Waals surface area contributed by atoms with Crippen LogP contribution >= 0.6 is 0 Å². The molecule has 4 aliphatic carbocycles. The number of ether oxygens (including phenoxy) is 1. The van der Waals surface area contributed by atoms with Crippen LogP contribution in [0.15, 0.2) is 23.8 Å². The van der Waals surface area contributed by atoms with Crippen LogP contribution in [0.1, 0.15) is 59.3 Å². The van der Waals surface area contributed by atoms with E-state index in [4.69, 9.17) is 4.74 Å². The minimum atomic E-state index is -1.52. The number of allylic oxidation sites excluding steroid dienone is 4. The number of alkyl halides is 1. The number of fused-ring (bicyclic) bond motifs is 5. The van der Waals surface area contributed by atoms with Crippen LogP contribution in [-0.4, -0.2) is 52.2 Å². The predicted octanol–water partition coefficient (Wildman–Crippen LogP) is 2.86. The van der Waals surface area contributed by atoms with Crippen LogP contribution in [0.25, 0.3) is 0 Å².